The molecule has 31 heavy (non-hydrogen) atoms. The summed E-state index contributed by atoms with van der Waals surface area (Å²) in [5.74, 6) is -0.0626. The van der Waals surface area contributed by atoms with Gasteiger partial charge in [-0.1, -0.05) is 43.3 Å². The number of benzene rings is 3. The summed E-state index contributed by atoms with van der Waals surface area (Å²) < 4.78 is 10.9. The number of ether oxygens (including phenoxy) is 2. The molecule has 6 nitrogen and oxygen atoms in total. The van der Waals surface area contributed by atoms with Gasteiger partial charge in [0.1, 0.15) is 11.5 Å². The summed E-state index contributed by atoms with van der Waals surface area (Å²) in [5.41, 5.74) is 2.71. The van der Waals surface area contributed by atoms with Crippen LogP contribution in [-0.4, -0.2) is 30.7 Å². The van der Waals surface area contributed by atoms with Crippen molar-refractivity contribution in [1.82, 2.24) is 0 Å². The molecule has 0 bridgehead atoms. The van der Waals surface area contributed by atoms with Crippen molar-refractivity contribution in [2.24, 2.45) is 0 Å². The lowest BCUT2D eigenvalue weighted by Crippen LogP contribution is -2.35. The SMILES string of the molecule is CCc1ccccc1N(Cc1cccc(C(=O)O)c1)C(=O)COc1cccc(OC)c1. The van der Waals surface area contributed by atoms with Crippen molar-refractivity contribution in [2.75, 3.05) is 18.6 Å². The minimum Gasteiger partial charge on any atom is -0.497 e. The van der Waals surface area contributed by atoms with Crippen LogP contribution < -0.4 is 14.4 Å². The van der Waals surface area contributed by atoms with Crippen molar-refractivity contribution in [3.05, 3.63) is 89.5 Å². The molecule has 160 valence electrons. The van der Waals surface area contributed by atoms with Gasteiger partial charge in [0.15, 0.2) is 6.61 Å². The lowest BCUT2D eigenvalue weighted by Gasteiger charge is -2.25. The number of aromatic carboxylic acids is 1. The molecule has 1 N–H and O–H groups in total. The number of amides is 1. The number of rotatable bonds is 9. The van der Waals surface area contributed by atoms with Gasteiger partial charge in [0, 0.05) is 11.8 Å². The lowest BCUT2D eigenvalue weighted by molar-refractivity contribution is -0.120. The number of nitrogens with zero attached hydrogens (tertiary/aromatic N) is 1. The fraction of sp³-hybridized carbons (Fsp3) is 0.200. The van der Waals surface area contributed by atoms with Crippen LogP contribution in [0, 0.1) is 0 Å². The molecule has 0 aliphatic heterocycles. The third-order valence-corrected chi connectivity index (χ3v) is 4.88. The van der Waals surface area contributed by atoms with Gasteiger partial charge in [0.05, 0.1) is 19.2 Å². The van der Waals surface area contributed by atoms with E-state index in [1.165, 1.54) is 6.07 Å². The summed E-state index contributed by atoms with van der Waals surface area (Å²) >= 11 is 0. The number of carboxylic acids is 1. The predicted molar refractivity (Wildman–Crippen MR) is 119 cm³/mol. The Morgan fingerprint density at radius 1 is 0.935 bits per heavy atom. The van der Waals surface area contributed by atoms with Crippen molar-refractivity contribution < 1.29 is 24.2 Å². The highest BCUT2D eigenvalue weighted by Gasteiger charge is 2.20. The Hall–Kier alpha value is -3.80. The Kier molecular flexibility index (Phi) is 7.27. The van der Waals surface area contributed by atoms with Crippen LogP contribution in [0.1, 0.15) is 28.4 Å². The van der Waals surface area contributed by atoms with E-state index >= 15 is 0 Å². The summed E-state index contributed by atoms with van der Waals surface area (Å²) in [6, 6.07) is 21.4. The van der Waals surface area contributed by atoms with Gasteiger partial charge in [0.25, 0.3) is 5.91 Å². The van der Waals surface area contributed by atoms with Crippen molar-refractivity contribution >= 4 is 17.6 Å². The Balaban J connectivity index is 1.87. The number of anilines is 1. The van der Waals surface area contributed by atoms with Gasteiger partial charge >= 0.3 is 5.97 Å². The van der Waals surface area contributed by atoms with E-state index in [-0.39, 0.29) is 24.6 Å². The van der Waals surface area contributed by atoms with E-state index in [0.717, 1.165) is 23.2 Å². The molecule has 0 saturated carbocycles. The molecule has 0 saturated heterocycles. The average Bonchev–Trinajstić information content (AvgIpc) is 2.81. The highest BCUT2D eigenvalue weighted by molar-refractivity contribution is 5.95. The van der Waals surface area contributed by atoms with E-state index in [4.69, 9.17) is 9.47 Å². The van der Waals surface area contributed by atoms with Gasteiger partial charge < -0.3 is 19.5 Å². The zero-order valence-electron chi connectivity index (χ0n) is 17.6. The summed E-state index contributed by atoms with van der Waals surface area (Å²) in [6.07, 6.45) is 0.756. The summed E-state index contributed by atoms with van der Waals surface area (Å²) in [7, 11) is 1.57. The van der Waals surface area contributed by atoms with Crippen LogP contribution in [-0.2, 0) is 17.8 Å². The molecule has 0 atom stereocenters. The maximum Gasteiger partial charge on any atom is 0.335 e. The molecule has 1 amide bonds. The third-order valence-electron chi connectivity index (χ3n) is 4.88. The molecule has 0 unspecified atom stereocenters. The highest BCUT2D eigenvalue weighted by Crippen LogP contribution is 2.25. The van der Waals surface area contributed by atoms with Crippen LogP contribution in [0.3, 0.4) is 0 Å². The van der Waals surface area contributed by atoms with Crippen molar-refractivity contribution in [3.63, 3.8) is 0 Å². The van der Waals surface area contributed by atoms with Crippen molar-refractivity contribution in [1.29, 1.82) is 0 Å². The Morgan fingerprint density at radius 2 is 1.68 bits per heavy atom. The fourth-order valence-corrected chi connectivity index (χ4v) is 3.28. The standard InChI is InChI=1S/C25H25NO5/c1-3-19-9-4-5-13-23(19)26(16-18-8-6-10-20(14-18)25(28)29)24(27)17-31-22-12-7-11-21(15-22)30-2/h4-15H,3,16-17H2,1-2H3,(H,28,29). The second kappa shape index (κ2) is 10.3. The molecule has 0 spiro atoms. The number of hydrogen-bond acceptors (Lipinski definition) is 4. The maximum atomic E-state index is 13.2. The average molecular weight is 419 g/mol. The Morgan fingerprint density at radius 3 is 2.42 bits per heavy atom. The van der Waals surface area contributed by atoms with Gasteiger partial charge in [-0.15, -0.1) is 0 Å². The number of para-hydroxylation sites is 1. The largest absolute Gasteiger partial charge is 0.497 e. The van der Waals surface area contributed by atoms with Gasteiger partial charge in [-0.05, 0) is 47.9 Å². The van der Waals surface area contributed by atoms with E-state index in [2.05, 4.69) is 0 Å². The molecule has 0 aliphatic rings. The minimum atomic E-state index is -1.00. The van der Waals surface area contributed by atoms with Gasteiger partial charge in [-0.3, -0.25) is 4.79 Å². The summed E-state index contributed by atoms with van der Waals surface area (Å²) in [5, 5.41) is 9.29. The number of carbonyl (C=O) groups is 2. The Bertz CT molecular complexity index is 1060. The van der Waals surface area contributed by atoms with Gasteiger partial charge in [0.2, 0.25) is 0 Å². The van der Waals surface area contributed by atoms with Gasteiger partial charge in [-0.25, -0.2) is 4.79 Å². The molecule has 0 heterocycles. The molecule has 6 heteroatoms. The van der Waals surface area contributed by atoms with Crippen LogP contribution in [0.25, 0.3) is 0 Å². The molecule has 0 fully saturated rings. The minimum absolute atomic E-state index is 0.163. The van der Waals surface area contributed by atoms with Crippen LogP contribution in [0.2, 0.25) is 0 Å². The van der Waals surface area contributed by atoms with E-state index < -0.39 is 5.97 Å². The second-order valence-electron chi connectivity index (χ2n) is 6.94. The van der Waals surface area contributed by atoms with Crippen LogP contribution in [0.5, 0.6) is 11.5 Å². The van der Waals surface area contributed by atoms with E-state index in [0.29, 0.717) is 11.5 Å². The molecule has 0 aromatic heterocycles. The second-order valence-corrected chi connectivity index (χ2v) is 6.94. The topological polar surface area (TPSA) is 76.1 Å². The first-order chi connectivity index (χ1) is 15.0. The highest BCUT2D eigenvalue weighted by atomic mass is 16.5. The molecular weight excluding hydrogens is 394 g/mol. The van der Waals surface area contributed by atoms with Crippen LogP contribution in [0.4, 0.5) is 5.69 Å². The van der Waals surface area contributed by atoms with Crippen LogP contribution >= 0.6 is 0 Å². The number of methoxy groups -OCH3 is 1. The number of carbonyl (C=O) groups excluding carboxylic acids is 1. The molecule has 0 aliphatic carbocycles. The quantitative estimate of drug-likeness (QED) is 0.550. The Labute approximate surface area is 181 Å². The lowest BCUT2D eigenvalue weighted by atomic mass is 10.1. The number of carboxylic acid groups (broad SMARTS) is 1. The third kappa shape index (κ3) is 5.63. The van der Waals surface area contributed by atoms with E-state index in [1.807, 2.05) is 37.3 Å². The number of hydrogen-bond donors (Lipinski definition) is 1. The van der Waals surface area contributed by atoms with Gasteiger partial charge in [-0.2, -0.15) is 0 Å². The maximum absolute atomic E-state index is 13.2. The summed E-state index contributed by atoms with van der Waals surface area (Å²) in [6.45, 7) is 2.10. The monoisotopic (exact) mass is 419 g/mol. The van der Waals surface area contributed by atoms with E-state index in [1.54, 1.807) is 48.4 Å². The molecule has 3 aromatic rings. The first kappa shape index (κ1) is 21.9. The first-order valence-electron chi connectivity index (χ1n) is 9.99. The smallest absolute Gasteiger partial charge is 0.335 e. The molecule has 0 radical (unpaired) electrons. The first-order valence-corrected chi connectivity index (χ1v) is 9.99. The van der Waals surface area contributed by atoms with Crippen molar-refractivity contribution in [3.8, 4) is 11.5 Å². The fourth-order valence-electron chi connectivity index (χ4n) is 3.28. The molecule has 3 rings (SSSR count). The summed E-state index contributed by atoms with van der Waals surface area (Å²) in [4.78, 5) is 26.2. The predicted octanol–water partition coefficient (Wildman–Crippen LogP) is 4.57. The van der Waals surface area contributed by atoms with Crippen molar-refractivity contribution in [2.45, 2.75) is 19.9 Å². The van der Waals surface area contributed by atoms with Crippen LogP contribution in [0.15, 0.2) is 72.8 Å². The number of aryl methyl sites for hydroxylation is 1. The zero-order valence-corrected chi connectivity index (χ0v) is 17.6. The zero-order chi connectivity index (χ0) is 22.2. The molecule has 3 aromatic carbocycles. The molecular formula is C25H25NO5. The normalized spacial score (nSPS) is 10.4. The van der Waals surface area contributed by atoms with E-state index in [9.17, 15) is 14.7 Å².